The van der Waals surface area contributed by atoms with Gasteiger partial charge in [0, 0.05) is 14.9 Å². The van der Waals surface area contributed by atoms with Crippen LogP contribution in [-0.2, 0) is 0 Å². The molecule has 0 aliphatic rings. The molecule has 3 aromatic rings. The Bertz CT molecular complexity index is 985. The first-order valence-corrected chi connectivity index (χ1v) is 7.99. The lowest BCUT2D eigenvalue weighted by molar-refractivity contribution is 0.102. The molecule has 23 heavy (non-hydrogen) atoms. The quantitative estimate of drug-likeness (QED) is 0.594. The Morgan fingerprint density at radius 2 is 1.87 bits per heavy atom. The Hall–Kier alpha value is -1.82. The minimum Gasteiger partial charge on any atom is -0.422 e. The van der Waals surface area contributed by atoms with Crippen LogP contribution in [0.1, 0.15) is 10.4 Å². The average Bonchev–Trinajstić information content (AvgIpc) is 2.49. The molecule has 0 atom stereocenters. The van der Waals surface area contributed by atoms with Gasteiger partial charge in [-0.15, -0.1) is 0 Å². The number of carbonyl (C=O) groups excluding carboxylic acids is 1. The van der Waals surface area contributed by atoms with Gasteiger partial charge in [0.1, 0.15) is 11.1 Å². The maximum absolute atomic E-state index is 12.3. The number of amides is 1. The largest absolute Gasteiger partial charge is 0.422 e. The van der Waals surface area contributed by atoms with Gasteiger partial charge in [0.25, 0.3) is 5.91 Å². The number of hydrogen-bond donors (Lipinski definition) is 1. The van der Waals surface area contributed by atoms with Gasteiger partial charge in [0.15, 0.2) is 0 Å². The summed E-state index contributed by atoms with van der Waals surface area (Å²) in [6, 6.07) is 11.3. The third-order valence-corrected chi connectivity index (χ3v) is 4.16. The van der Waals surface area contributed by atoms with Crippen LogP contribution in [0.4, 0.5) is 5.69 Å². The van der Waals surface area contributed by atoms with E-state index in [-0.39, 0.29) is 10.6 Å². The van der Waals surface area contributed by atoms with Gasteiger partial charge in [-0.05, 0) is 42.5 Å². The Kier molecular flexibility index (Phi) is 4.43. The summed E-state index contributed by atoms with van der Waals surface area (Å²) < 4.78 is 5.98. The van der Waals surface area contributed by atoms with Crippen molar-refractivity contribution in [1.29, 1.82) is 0 Å². The highest BCUT2D eigenvalue weighted by Crippen LogP contribution is 2.26. The van der Waals surface area contributed by atoms with Crippen LogP contribution in [0.2, 0.25) is 10.0 Å². The van der Waals surface area contributed by atoms with E-state index in [9.17, 15) is 9.59 Å². The Morgan fingerprint density at radius 1 is 1.09 bits per heavy atom. The lowest BCUT2D eigenvalue weighted by Gasteiger charge is -2.07. The summed E-state index contributed by atoms with van der Waals surface area (Å²) >= 11 is 15.2. The van der Waals surface area contributed by atoms with E-state index in [1.807, 2.05) is 0 Å². The summed E-state index contributed by atoms with van der Waals surface area (Å²) in [6.45, 7) is 0. The second-order valence-electron chi connectivity index (χ2n) is 4.71. The highest BCUT2D eigenvalue weighted by molar-refractivity contribution is 9.10. The first kappa shape index (κ1) is 16.1. The van der Waals surface area contributed by atoms with Crippen molar-refractivity contribution < 1.29 is 9.21 Å². The van der Waals surface area contributed by atoms with Crippen LogP contribution in [0, 0.1) is 0 Å². The highest BCUT2D eigenvalue weighted by Gasteiger charge is 2.15. The van der Waals surface area contributed by atoms with Crippen molar-refractivity contribution in [2.45, 2.75) is 0 Å². The molecule has 0 saturated heterocycles. The number of fused-ring (bicyclic) bond motifs is 1. The van der Waals surface area contributed by atoms with Crippen LogP contribution in [0.5, 0.6) is 0 Å². The molecule has 2 aromatic carbocycles. The summed E-state index contributed by atoms with van der Waals surface area (Å²) in [5.41, 5.74) is -0.0712. The number of halogens is 3. The Morgan fingerprint density at radius 3 is 2.61 bits per heavy atom. The fraction of sp³-hybridized carbons (Fsp3) is 0. The molecule has 0 spiro atoms. The Labute approximate surface area is 149 Å². The maximum Gasteiger partial charge on any atom is 0.349 e. The fourth-order valence-corrected chi connectivity index (χ4v) is 2.87. The molecule has 7 heteroatoms. The maximum atomic E-state index is 12.3. The second kappa shape index (κ2) is 6.35. The third kappa shape index (κ3) is 3.42. The zero-order valence-corrected chi connectivity index (χ0v) is 14.5. The fourth-order valence-electron chi connectivity index (χ4n) is 2.03. The van der Waals surface area contributed by atoms with Crippen LogP contribution in [-0.4, -0.2) is 5.91 Å². The average molecular weight is 413 g/mol. The van der Waals surface area contributed by atoms with Crippen LogP contribution in [0.25, 0.3) is 11.0 Å². The molecular formula is C16H8BrCl2NO3. The van der Waals surface area contributed by atoms with Gasteiger partial charge >= 0.3 is 5.63 Å². The molecule has 1 amide bonds. The predicted octanol–water partition coefficient (Wildman–Crippen LogP) is 5.11. The topological polar surface area (TPSA) is 59.3 Å². The van der Waals surface area contributed by atoms with E-state index in [2.05, 4.69) is 21.2 Å². The predicted molar refractivity (Wildman–Crippen MR) is 94.6 cm³/mol. The zero-order chi connectivity index (χ0) is 16.6. The molecule has 0 bridgehead atoms. The Balaban J connectivity index is 2.00. The van der Waals surface area contributed by atoms with E-state index < -0.39 is 11.5 Å². The van der Waals surface area contributed by atoms with Gasteiger partial charge in [0.2, 0.25) is 0 Å². The summed E-state index contributed by atoms with van der Waals surface area (Å²) in [4.78, 5) is 24.3. The molecule has 3 rings (SSSR count). The normalized spacial score (nSPS) is 10.7. The molecule has 0 aliphatic carbocycles. The lowest BCUT2D eigenvalue weighted by Crippen LogP contribution is -2.20. The van der Waals surface area contributed by atoms with Crippen molar-refractivity contribution in [3.05, 3.63) is 73.0 Å². The van der Waals surface area contributed by atoms with E-state index in [1.54, 1.807) is 30.3 Å². The van der Waals surface area contributed by atoms with Gasteiger partial charge in [-0.1, -0.05) is 39.1 Å². The highest BCUT2D eigenvalue weighted by atomic mass is 79.9. The SMILES string of the molecule is O=C(Nc1ccc(Cl)cc1Cl)c1cc2cc(Br)ccc2oc1=O. The van der Waals surface area contributed by atoms with E-state index in [0.717, 1.165) is 4.47 Å². The monoisotopic (exact) mass is 411 g/mol. The molecular weight excluding hydrogens is 405 g/mol. The first-order chi connectivity index (χ1) is 10.9. The third-order valence-electron chi connectivity index (χ3n) is 3.12. The number of benzene rings is 2. The number of hydrogen-bond acceptors (Lipinski definition) is 3. The van der Waals surface area contributed by atoms with Crippen molar-refractivity contribution in [3.63, 3.8) is 0 Å². The molecule has 0 aliphatic heterocycles. The van der Waals surface area contributed by atoms with Gasteiger partial charge in [0.05, 0.1) is 10.7 Å². The van der Waals surface area contributed by atoms with Crippen molar-refractivity contribution in [2.24, 2.45) is 0 Å². The van der Waals surface area contributed by atoms with Crippen LogP contribution in [0.15, 0.2) is 56.1 Å². The standard InChI is InChI=1S/C16H8BrCl2NO3/c17-9-1-4-14-8(5-9)6-11(16(22)23-14)15(21)20-13-3-2-10(18)7-12(13)19/h1-7H,(H,20,21). The number of rotatable bonds is 2. The molecule has 0 radical (unpaired) electrons. The summed E-state index contributed by atoms with van der Waals surface area (Å²) in [7, 11) is 0. The minimum atomic E-state index is -0.720. The summed E-state index contributed by atoms with van der Waals surface area (Å²) in [5, 5.41) is 3.93. The molecule has 4 nitrogen and oxygen atoms in total. The summed E-state index contributed by atoms with van der Waals surface area (Å²) in [6.07, 6.45) is 0. The number of carbonyl (C=O) groups is 1. The van der Waals surface area contributed by atoms with Crippen LogP contribution < -0.4 is 10.9 Å². The van der Waals surface area contributed by atoms with Crippen molar-refractivity contribution >= 4 is 61.7 Å². The molecule has 1 aromatic heterocycles. The molecule has 1 heterocycles. The zero-order valence-electron chi connectivity index (χ0n) is 11.4. The lowest BCUT2D eigenvalue weighted by atomic mass is 10.1. The van der Waals surface area contributed by atoms with E-state index >= 15 is 0 Å². The first-order valence-electron chi connectivity index (χ1n) is 6.44. The molecule has 1 N–H and O–H groups in total. The van der Waals surface area contributed by atoms with E-state index in [0.29, 0.717) is 21.7 Å². The van der Waals surface area contributed by atoms with E-state index in [1.165, 1.54) is 12.1 Å². The van der Waals surface area contributed by atoms with Crippen LogP contribution in [0.3, 0.4) is 0 Å². The number of nitrogens with one attached hydrogen (secondary N) is 1. The van der Waals surface area contributed by atoms with Gasteiger partial charge < -0.3 is 9.73 Å². The molecule has 0 fully saturated rings. The van der Waals surface area contributed by atoms with Gasteiger partial charge in [-0.25, -0.2) is 4.79 Å². The number of anilines is 1. The molecule has 0 unspecified atom stereocenters. The van der Waals surface area contributed by atoms with Crippen LogP contribution >= 0.6 is 39.1 Å². The summed E-state index contributed by atoms with van der Waals surface area (Å²) in [5.74, 6) is -0.607. The second-order valence-corrected chi connectivity index (χ2v) is 6.47. The van der Waals surface area contributed by atoms with Gasteiger partial charge in [-0.2, -0.15) is 0 Å². The smallest absolute Gasteiger partial charge is 0.349 e. The van der Waals surface area contributed by atoms with Crippen molar-refractivity contribution in [3.8, 4) is 0 Å². The van der Waals surface area contributed by atoms with Crippen molar-refractivity contribution in [1.82, 2.24) is 0 Å². The van der Waals surface area contributed by atoms with Crippen molar-refractivity contribution in [2.75, 3.05) is 5.32 Å². The molecule has 116 valence electrons. The molecule has 0 saturated carbocycles. The van der Waals surface area contributed by atoms with Gasteiger partial charge in [-0.3, -0.25) is 4.79 Å². The van der Waals surface area contributed by atoms with E-state index in [4.69, 9.17) is 27.6 Å². The minimum absolute atomic E-state index is 0.110.